The fourth-order valence-electron chi connectivity index (χ4n) is 3.29. The molecule has 0 unspecified atom stereocenters. The summed E-state index contributed by atoms with van der Waals surface area (Å²) in [5, 5.41) is 12.8. The van der Waals surface area contributed by atoms with Crippen molar-refractivity contribution >= 4 is 23.2 Å². The van der Waals surface area contributed by atoms with Crippen LogP contribution in [0.4, 0.5) is 5.69 Å². The molecule has 0 aromatic heterocycles. The van der Waals surface area contributed by atoms with Gasteiger partial charge < -0.3 is 5.32 Å². The minimum atomic E-state index is -0.245. The summed E-state index contributed by atoms with van der Waals surface area (Å²) < 4.78 is 0. The van der Waals surface area contributed by atoms with Crippen LogP contribution in [0.5, 0.6) is 0 Å². The highest BCUT2D eigenvalue weighted by Gasteiger charge is 2.26. The Morgan fingerprint density at radius 1 is 1.19 bits per heavy atom. The number of benzene rings is 2. The zero-order valence-corrected chi connectivity index (χ0v) is 16.1. The lowest BCUT2D eigenvalue weighted by Gasteiger charge is -2.37. The summed E-state index contributed by atoms with van der Waals surface area (Å²) in [6.45, 7) is 6.24. The first-order valence-corrected chi connectivity index (χ1v) is 9.45. The molecule has 1 amide bonds. The molecular formula is C21H23ClN4O. The van der Waals surface area contributed by atoms with Crippen molar-refractivity contribution in [3.8, 4) is 6.07 Å². The highest BCUT2D eigenvalue weighted by molar-refractivity contribution is 6.30. The van der Waals surface area contributed by atoms with Crippen LogP contribution in [0.25, 0.3) is 0 Å². The molecule has 1 heterocycles. The van der Waals surface area contributed by atoms with Gasteiger partial charge in [-0.1, -0.05) is 35.9 Å². The van der Waals surface area contributed by atoms with Crippen molar-refractivity contribution < 1.29 is 4.79 Å². The summed E-state index contributed by atoms with van der Waals surface area (Å²) in [6.07, 6.45) is 0. The lowest BCUT2D eigenvalue weighted by molar-refractivity contribution is -0.121. The van der Waals surface area contributed by atoms with Crippen LogP contribution in [-0.2, 0) is 11.3 Å². The Hall–Kier alpha value is -2.39. The Kier molecular flexibility index (Phi) is 6.46. The van der Waals surface area contributed by atoms with Gasteiger partial charge in [0.05, 0.1) is 17.3 Å². The quantitative estimate of drug-likeness (QED) is 0.861. The van der Waals surface area contributed by atoms with E-state index in [1.54, 1.807) is 18.2 Å². The van der Waals surface area contributed by atoms with Gasteiger partial charge in [0.1, 0.15) is 6.07 Å². The normalized spacial score (nSPS) is 16.5. The Morgan fingerprint density at radius 2 is 1.93 bits per heavy atom. The Bertz CT molecular complexity index is 840. The second-order valence-electron chi connectivity index (χ2n) is 6.76. The number of para-hydroxylation sites is 1. The van der Waals surface area contributed by atoms with Crippen molar-refractivity contribution in [1.29, 1.82) is 5.26 Å². The SMILES string of the molecule is C[C@@H](C(=O)Nc1ccccc1C#N)N1CCN(Cc2cccc(Cl)c2)CC1. The van der Waals surface area contributed by atoms with Crippen LogP contribution in [0.2, 0.25) is 5.02 Å². The van der Waals surface area contributed by atoms with Crippen LogP contribution in [0, 0.1) is 11.3 Å². The molecule has 1 aliphatic heterocycles. The number of carbonyl (C=O) groups excluding carboxylic acids is 1. The van der Waals surface area contributed by atoms with Gasteiger partial charge in [-0.15, -0.1) is 0 Å². The van der Waals surface area contributed by atoms with Crippen LogP contribution in [0.1, 0.15) is 18.1 Å². The molecule has 1 aliphatic rings. The molecule has 0 saturated carbocycles. The van der Waals surface area contributed by atoms with E-state index in [9.17, 15) is 4.79 Å². The summed E-state index contributed by atoms with van der Waals surface area (Å²) in [5.41, 5.74) is 2.25. The average Bonchev–Trinajstić information content (AvgIpc) is 2.68. The summed E-state index contributed by atoms with van der Waals surface area (Å²) in [5.74, 6) is -0.0824. The first-order valence-electron chi connectivity index (χ1n) is 9.07. The number of carbonyl (C=O) groups is 1. The van der Waals surface area contributed by atoms with Gasteiger partial charge in [-0.2, -0.15) is 5.26 Å². The Morgan fingerprint density at radius 3 is 2.63 bits per heavy atom. The number of hydrogen-bond acceptors (Lipinski definition) is 4. The van der Waals surface area contributed by atoms with Crippen LogP contribution in [0.15, 0.2) is 48.5 Å². The number of halogens is 1. The molecule has 1 fully saturated rings. The standard InChI is InChI=1S/C21H23ClN4O/c1-16(21(27)24-20-8-3-2-6-18(20)14-23)26-11-9-25(10-12-26)15-17-5-4-7-19(22)13-17/h2-8,13,16H,9-12,15H2,1H3,(H,24,27)/t16-/m0/s1. The summed E-state index contributed by atoms with van der Waals surface area (Å²) in [6, 6.07) is 16.9. The van der Waals surface area contributed by atoms with Gasteiger partial charge in [0.25, 0.3) is 0 Å². The summed E-state index contributed by atoms with van der Waals surface area (Å²) in [4.78, 5) is 17.2. The molecule has 27 heavy (non-hydrogen) atoms. The van der Waals surface area contributed by atoms with Crippen LogP contribution < -0.4 is 5.32 Å². The van der Waals surface area contributed by atoms with Crippen LogP contribution in [0.3, 0.4) is 0 Å². The van der Waals surface area contributed by atoms with E-state index >= 15 is 0 Å². The maximum Gasteiger partial charge on any atom is 0.241 e. The molecule has 1 atom stereocenters. The molecule has 0 bridgehead atoms. The maximum absolute atomic E-state index is 12.6. The molecule has 2 aromatic rings. The highest BCUT2D eigenvalue weighted by atomic mass is 35.5. The zero-order chi connectivity index (χ0) is 19.2. The molecule has 1 saturated heterocycles. The minimum Gasteiger partial charge on any atom is -0.324 e. The number of nitrogens with zero attached hydrogens (tertiary/aromatic N) is 3. The van der Waals surface area contributed by atoms with E-state index in [-0.39, 0.29) is 11.9 Å². The second-order valence-corrected chi connectivity index (χ2v) is 7.20. The van der Waals surface area contributed by atoms with Gasteiger partial charge in [0.2, 0.25) is 5.91 Å². The Labute approximate surface area is 165 Å². The van der Waals surface area contributed by atoms with Gasteiger partial charge >= 0.3 is 0 Å². The molecule has 5 nitrogen and oxygen atoms in total. The smallest absolute Gasteiger partial charge is 0.241 e. The van der Waals surface area contributed by atoms with Crippen molar-refractivity contribution in [2.24, 2.45) is 0 Å². The van der Waals surface area contributed by atoms with E-state index in [2.05, 4.69) is 27.3 Å². The first-order chi connectivity index (χ1) is 13.1. The number of rotatable bonds is 5. The van der Waals surface area contributed by atoms with Crippen molar-refractivity contribution in [2.75, 3.05) is 31.5 Å². The fourth-order valence-corrected chi connectivity index (χ4v) is 3.51. The number of hydrogen-bond donors (Lipinski definition) is 1. The van der Waals surface area contributed by atoms with Gasteiger partial charge in [-0.05, 0) is 36.8 Å². The van der Waals surface area contributed by atoms with Crippen molar-refractivity contribution in [3.63, 3.8) is 0 Å². The van der Waals surface area contributed by atoms with Gasteiger partial charge in [0, 0.05) is 37.7 Å². The largest absolute Gasteiger partial charge is 0.324 e. The molecule has 0 aliphatic carbocycles. The minimum absolute atomic E-state index is 0.0824. The van der Waals surface area contributed by atoms with Gasteiger partial charge in [-0.3, -0.25) is 14.6 Å². The molecule has 0 spiro atoms. The number of amides is 1. The molecule has 0 radical (unpaired) electrons. The van der Waals surface area contributed by atoms with E-state index in [1.165, 1.54) is 5.56 Å². The van der Waals surface area contributed by atoms with Crippen LogP contribution >= 0.6 is 11.6 Å². The van der Waals surface area contributed by atoms with Crippen LogP contribution in [-0.4, -0.2) is 47.9 Å². The summed E-state index contributed by atoms with van der Waals surface area (Å²) >= 11 is 6.06. The van der Waals surface area contributed by atoms with E-state index in [4.69, 9.17) is 16.9 Å². The zero-order valence-electron chi connectivity index (χ0n) is 15.4. The molecule has 140 valence electrons. The van der Waals surface area contributed by atoms with E-state index in [0.29, 0.717) is 11.3 Å². The van der Waals surface area contributed by atoms with Crippen molar-refractivity contribution in [1.82, 2.24) is 9.80 Å². The monoisotopic (exact) mass is 382 g/mol. The predicted molar refractivity (Wildman–Crippen MR) is 108 cm³/mol. The van der Waals surface area contributed by atoms with Gasteiger partial charge in [-0.25, -0.2) is 0 Å². The highest BCUT2D eigenvalue weighted by Crippen LogP contribution is 2.17. The molecule has 6 heteroatoms. The first kappa shape index (κ1) is 19.4. The molecule has 3 rings (SSSR count). The van der Waals surface area contributed by atoms with Crippen molar-refractivity contribution in [3.05, 3.63) is 64.7 Å². The van der Waals surface area contributed by atoms with Gasteiger partial charge in [0.15, 0.2) is 0 Å². The fraction of sp³-hybridized carbons (Fsp3) is 0.333. The van der Waals surface area contributed by atoms with E-state index in [1.807, 2.05) is 31.2 Å². The number of piperazine rings is 1. The third-order valence-electron chi connectivity index (χ3n) is 4.93. The average molecular weight is 383 g/mol. The predicted octanol–water partition coefficient (Wildman–Crippen LogP) is 3.36. The molecule has 2 aromatic carbocycles. The molecule has 1 N–H and O–H groups in total. The maximum atomic E-state index is 12.6. The third-order valence-corrected chi connectivity index (χ3v) is 5.17. The van der Waals surface area contributed by atoms with E-state index < -0.39 is 0 Å². The van der Waals surface area contributed by atoms with Crippen molar-refractivity contribution in [2.45, 2.75) is 19.5 Å². The number of nitriles is 1. The molecular weight excluding hydrogens is 360 g/mol. The summed E-state index contributed by atoms with van der Waals surface area (Å²) in [7, 11) is 0. The lowest BCUT2D eigenvalue weighted by atomic mass is 10.1. The second kappa shape index (κ2) is 9.01. The Balaban J connectivity index is 1.52. The third kappa shape index (κ3) is 5.08. The number of anilines is 1. The lowest BCUT2D eigenvalue weighted by Crippen LogP contribution is -2.52. The number of nitrogens with one attached hydrogen (secondary N) is 1. The van der Waals surface area contributed by atoms with E-state index in [0.717, 1.165) is 37.7 Å². The topological polar surface area (TPSA) is 59.4 Å².